The lowest BCUT2D eigenvalue weighted by molar-refractivity contribution is 0.266. The van der Waals surface area contributed by atoms with Crippen molar-refractivity contribution >= 4 is 13.8 Å². The normalized spacial score (nSPS) is 21.1. The molecule has 1 atom stereocenters. The summed E-state index contributed by atoms with van der Waals surface area (Å²) in [6, 6.07) is 0.363. The third-order valence-electron chi connectivity index (χ3n) is 3.53. The van der Waals surface area contributed by atoms with E-state index >= 15 is 0 Å². The maximum atomic E-state index is 5.90. The van der Waals surface area contributed by atoms with Crippen LogP contribution >= 0.6 is 7.92 Å². The van der Waals surface area contributed by atoms with E-state index in [2.05, 4.69) is 62.3 Å². The maximum Gasteiger partial charge on any atom is 0.188 e. The molecule has 0 aliphatic carbocycles. The first-order valence-electron chi connectivity index (χ1n) is 7.76. The second-order valence-electron chi connectivity index (χ2n) is 9.18. The summed E-state index contributed by atoms with van der Waals surface area (Å²) in [5.74, 6) is 1.01. The monoisotopic (exact) mass is 299 g/mol. The summed E-state index contributed by atoms with van der Waals surface area (Å²) in [4.78, 5) is 4.85. The van der Waals surface area contributed by atoms with Crippen LogP contribution in [-0.2, 0) is 4.74 Å². The highest BCUT2D eigenvalue weighted by molar-refractivity contribution is 7.61. The molecule has 0 N–H and O–H groups in total. The molecule has 0 amide bonds. The Morgan fingerprint density at radius 1 is 1.00 bits per heavy atom. The van der Waals surface area contributed by atoms with Crippen LogP contribution in [0.4, 0.5) is 0 Å². The number of hydrogen-bond donors (Lipinski definition) is 0. The van der Waals surface area contributed by atoms with Gasteiger partial charge in [-0.1, -0.05) is 70.2 Å². The topological polar surface area (TPSA) is 21.6 Å². The van der Waals surface area contributed by atoms with Gasteiger partial charge in [0, 0.05) is 6.16 Å². The van der Waals surface area contributed by atoms with E-state index in [1.165, 1.54) is 0 Å². The second kappa shape index (κ2) is 5.95. The van der Waals surface area contributed by atoms with Crippen molar-refractivity contribution in [3.05, 3.63) is 0 Å². The molecule has 1 aliphatic heterocycles. The first-order valence-corrected chi connectivity index (χ1v) is 9.29. The van der Waals surface area contributed by atoms with Gasteiger partial charge in [-0.25, -0.2) is 4.99 Å². The Balaban J connectivity index is 2.74. The maximum absolute atomic E-state index is 5.90. The van der Waals surface area contributed by atoms with E-state index in [1.807, 2.05) is 0 Å². The van der Waals surface area contributed by atoms with Gasteiger partial charge in [0.1, 0.15) is 6.61 Å². The van der Waals surface area contributed by atoms with Crippen LogP contribution < -0.4 is 0 Å². The molecule has 0 bridgehead atoms. The van der Waals surface area contributed by atoms with Crippen molar-refractivity contribution in [1.29, 1.82) is 0 Å². The minimum atomic E-state index is -0.162. The fourth-order valence-corrected chi connectivity index (χ4v) is 6.39. The summed E-state index contributed by atoms with van der Waals surface area (Å²) in [6.45, 7) is 21.7. The van der Waals surface area contributed by atoms with E-state index in [0.29, 0.717) is 21.8 Å². The largest absolute Gasteiger partial charge is 0.478 e. The zero-order valence-electron chi connectivity index (χ0n) is 15.0. The third kappa shape index (κ3) is 5.72. The van der Waals surface area contributed by atoms with Crippen LogP contribution in [0.25, 0.3) is 0 Å². The first-order chi connectivity index (χ1) is 8.79. The van der Waals surface area contributed by atoms with Gasteiger partial charge in [0.2, 0.25) is 0 Å². The van der Waals surface area contributed by atoms with E-state index in [-0.39, 0.29) is 7.92 Å². The van der Waals surface area contributed by atoms with Crippen LogP contribution in [0.5, 0.6) is 0 Å². The summed E-state index contributed by atoms with van der Waals surface area (Å²) >= 11 is 0. The summed E-state index contributed by atoms with van der Waals surface area (Å²) in [6.07, 6.45) is 2.14. The molecule has 2 nitrogen and oxygen atoms in total. The third-order valence-corrected chi connectivity index (χ3v) is 7.36. The van der Waals surface area contributed by atoms with Crippen molar-refractivity contribution < 1.29 is 4.74 Å². The number of hydrogen-bond acceptors (Lipinski definition) is 2. The molecule has 3 heteroatoms. The van der Waals surface area contributed by atoms with Gasteiger partial charge < -0.3 is 4.74 Å². The van der Waals surface area contributed by atoms with Crippen LogP contribution in [0.2, 0.25) is 0 Å². The minimum Gasteiger partial charge on any atom is -0.478 e. The van der Waals surface area contributed by atoms with E-state index in [4.69, 9.17) is 9.73 Å². The van der Waals surface area contributed by atoms with Gasteiger partial charge in [0.05, 0.1) is 6.04 Å². The second-order valence-corrected chi connectivity index (χ2v) is 13.0. The lowest BCUT2D eigenvalue weighted by Gasteiger charge is -2.41. The van der Waals surface area contributed by atoms with Crippen molar-refractivity contribution in [2.45, 2.75) is 85.1 Å². The summed E-state index contributed by atoms with van der Waals surface area (Å²) in [5, 5.41) is 0.670. The van der Waals surface area contributed by atoms with Crippen LogP contribution in [0, 0.1) is 5.41 Å². The van der Waals surface area contributed by atoms with Gasteiger partial charge in [0.25, 0.3) is 0 Å². The van der Waals surface area contributed by atoms with E-state index in [9.17, 15) is 0 Å². The van der Waals surface area contributed by atoms with Gasteiger partial charge in [-0.15, -0.1) is 0 Å². The predicted molar refractivity (Wildman–Crippen MR) is 92.5 cm³/mol. The molecule has 0 aromatic rings. The zero-order chi connectivity index (χ0) is 15.8. The molecule has 118 valence electrons. The molecule has 0 aromatic heterocycles. The molecular formula is C17H34NOP. The average Bonchev–Trinajstić information content (AvgIpc) is 2.55. The summed E-state index contributed by atoms with van der Waals surface area (Å²) < 4.78 is 5.90. The van der Waals surface area contributed by atoms with Crippen molar-refractivity contribution in [2.24, 2.45) is 10.4 Å². The number of rotatable bonds is 3. The van der Waals surface area contributed by atoms with Crippen molar-refractivity contribution in [1.82, 2.24) is 0 Å². The lowest BCUT2D eigenvalue weighted by atomic mass is 9.89. The van der Waals surface area contributed by atoms with Gasteiger partial charge in [-0.2, -0.15) is 0 Å². The van der Waals surface area contributed by atoms with Crippen LogP contribution in [0.1, 0.15) is 68.7 Å². The molecule has 1 heterocycles. The predicted octanol–water partition coefficient (Wildman–Crippen LogP) is 5.30. The summed E-state index contributed by atoms with van der Waals surface area (Å²) in [7, 11) is -0.162. The smallest absolute Gasteiger partial charge is 0.188 e. The molecule has 20 heavy (non-hydrogen) atoms. The number of ether oxygens (including phenoxy) is 1. The average molecular weight is 299 g/mol. The lowest BCUT2D eigenvalue weighted by Crippen LogP contribution is -2.29. The highest BCUT2D eigenvalue weighted by Gasteiger charge is 2.36. The zero-order valence-corrected chi connectivity index (χ0v) is 15.9. The summed E-state index contributed by atoms with van der Waals surface area (Å²) in [5.41, 5.74) is 0.325. The van der Waals surface area contributed by atoms with Gasteiger partial charge in [-0.3, -0.25) is 0 Å². The standard InChI is InChI=1S/C17H34NOP/c1-15(2,3)10-13-11-19-14(18-13)12-20(16(4,5)6)17(7,8)9/h13H,10-12H2,1-9H3/t13-/m0/s1. The van der Waals surface area contributed by atoms with E-state index in [0.717, 1.165) is 25.1 Å². The fourth-order valence-electron chi connectivity index (χ4n) is 2.98. The highest BCUT2D eigenvalue weighted by Crippen LogP contribution is 2.59. The molecule has 0 saturated heterocycles. The molecule has 0 aromatic carbocycles. The van der Waals surface area contributed by atoms with Crippen molar-refractivity contribution in [3.8, 4) is 0 Å². The van der Waals surface area contributed by atoms with Gasteiger partial charge in [0.15, 0.2) is 5.90 Å². The molecule has 1 rings (SSSR count). The molecule has 0 unspecified atom stereocenters. The van der Waals surface area contributed by atoms with Crippen molar-refractivity contribution in [2.75, 3.05) is 12.8 Å². The SMILES string of the molecule is CC(C)(C)C[C@H]1COC(CP(C(C)(C)C)C(C)(C)C)=N1. The van der Waals surface area contributed by atoms with Gasteiger partial charge in [-0.05, 0) is 22.1 Å². The number of nitrogens with zero attached hydrogens (tertiary/aromatic N) is 1. The van der Waals surface area contributed by atoms with Crippen LogP contribution in [0.15, 0.2) is 4.99 Å². The molecular weight excluding hydrogens is 265 g/mol. The fraction of sp³-hybridized carbons (Fsp3) is 0.941. The quantitative estimate of drug-likeness (QED) is 0.648. The van der Waals surface area contributed by atoms with Crippen LogP contribution in [0.3, 0.4) is 0 Å². The molecule has 1 aliphatic rings. The van der Waals surface area contributed by atoms with Crippen molar-refractivity contribution in [3.63, 3.8) is 0 Å². The highest BCUT2D eigenvalue weighted by atomic mass is 31.1. The number of aliphatic imine (C=N–C) groups is 1. The Bertz CT molecular complexity index is 341. The Labute approximate surface area is 127 Å². The van der Waals surface area contributed by atoms with E-state index in [1.54, 1.807) is 0 Å². The molecule has 0 fully saturated rings. The Hall–Kier alpha value is -0.100. The molecule has 0 saturated carbocycles. The van der Waals surface area contributed by atoms with Crippen LogP contribution in [-0.4, -0.2) is 35.0 Å². The Kier molecular flexibility index (Phi) is 5.34. The Morgan fingerprint density at radius 3 is 1.90 bits per heavy atom. The minimum absolute atomic E-state index is 0.162. The molecule has 0 spiro atoms. The van der Waals surface area contributed by atoms with E-state index < -0.39 is 0 Å². The Morgan fingerprint density at radius 2 is 1.50 bits per heavy atom. The van der Waals surface area contributed by atoms with Gasteiger partial charge >= 0.3 is 0 Å². The molecule has 0 radical (unpaired) electrons. The first kappa shape index (κ1) is 18.0.